The number of alkyl carbamates (subject to hydrolysis) is 1. The van der Waals surface area contributed by atoms with Gasteiger partial charge in [0.05, 0.1) is 12.1 Å². The summed E-state index contributed by atoms with van der Waals surface area (Å²) in [5.41, 5.74) is -1.04. The number of carbonyl (C=O) groups is 2. The Hall–Kier alpha value is -1.30. The molecule has 1 atom stereocenters. The summed E-state index contributed by atoms with van der Waals surface area (Å²) in [6.45, 7) is 6.38. The van der Waals surface area contributed by atoms with E-state index in [2.05, 4.69) is 5.32 Å². The van der Waals surface area contributed by atoms with Gasteiger partial charge in [-0.3, -0.25) is 4.79 Å². The summed E-state index contributed by atoms with van der Waals surface area (Å²) >= 11 is 0. The van der Waals surface area contributed by atoms with Crippen LogP contribution < -0.4 is 5.32 Å². The van der Waals surface area contributed by atoms with E-state index < -0.39 is 23.2 Å². The van der Waals surface area contributed by atoms with E-state index in [0.717, 1.165) is 0 Å². The molecule has 6 nitrogen and oxygen atoms in total. The van der Waals surface area contributed by atoms with Gasteiger partial charge in [-0.15, -0.1) is 0 Å². The average molecular weight is 273 g/mol. The maximum Gasteiger partial charge on any atom is 0.408 e. The van der Waals surface area contributed by atoms with Crippen LogP contribution in [0.2, 0.25) is 0 Å². The van der Waals surface area contributed by atoms with Crippen molar-refractivity contribution in [3.05, 3.63) is 0 Å². The van der Waals surface area contributed by atoms with Gasteiger partial charge < -0.3 is 19.9 Å². The van der Waals surface area contributed by atoms with Gasteiger partial charge in [-0.25, -0.2) is 4.79 Å². The fraction of sp³-hybridized carbons (Fsp3) is 0.846. The zero-order valence-corrected chi connectivity index (χ0v) is 11.8. The Balaban J connectivity index is 2.51. The molecule has 0 aliphatic carbocycles. The lowest BCUT2D eigenvalue weighted by Gasteiger charge is -2.30. The van der Waals surface area contributed by atoms with Gasteiger partial charge in [0.15, 0.2) is 0 Å². The number of amides is 1. The monoisotopic (exact) mass is 273 g/mol. The molecule has 2 N–H and O–H groups in total. The molecular formula is C13H23NO5. The van der Waals surface area contributed by atoms with Crippen LogP contribution in [-0.2, 0) is 14.3 Å². The van der Waals surface area contributed by atoms with Crippen molar-refractivity contribution < 1.29 is 24.2 Å². The summed E-state index contributed by atoms with van der Waals surface area (Å²) in [4.78, 5) is 22.4. The van der Waals surface area contributed by atoms with Gasteiger partial charge in [0.2, 0.25) is 0 Å². The fourth-order valence-electron chi connectivity index (χ4n) is 2.06. The van der Waals surface area contributed by atoms with Crippen molar-refractivity contribution in [2.24, 2.45) is 0 Å². The lowest BCUT2D eigenvalue weighted by Crippen LogP contribution is -2.50. The average Bonchev–Trinajstić information content (AvgIpc) is 2.62. The first-order valence-corrected chi connectivity index (χ1v) is 6.53. The first-order valence-electron chi connectivity index (χ1n) is 6.53. The Labute approximate surface area is 113 Å². The number of carboxylic acids is 1. The van der Waals surface area contributed by atoms with Crippen LogP contribution in [0.25, 0.3) is 0 Å². The summed E-state index contributed by atoms with van der Waals surface area (Å²) in [6, 6.07) is 0. The third kappa shape index (κ3) is 5.92. The van der Waals surface area contributed by atoms with Crippen molar-refractivity contribution >= 4 is 12.1 Å². The topological polar surface area (TPSA) is 84.9 Å². The second-order valence-electron chi connectivity index (χ2n) is 5.96. The number of hydrogen-bond acceptors (Lipinski definition) is 4. The minimum atomic E-state index is -0.827. The van der Waals surface area contributed by atoms with Crippen molar-refractivity contribution in [1.82, 2.24) is 5.32 Å². The van der Waals surface area contributed by atoms with Gasteiger partial charge in [0.25, 0.3) is 0 Å². The van der Waals surface area contributed by atoms with E-state index in [-0.39, 0.29) is 6.42 Å². The second kappa shape index (κ2) is 6.23. The molecule has 1 fully saturated rings. The minimum Gasteiger partial charge on any atom is -0.481 e. The van der Waals surface area contributed by atoms with Gasteiger partial charge in [-0.05, 0) is 40.0 Å². The van der Waals surface area contributed by atoms with Crippen LogP contribution in [0.15, 0.2) is 0 Å². The Kier molecular flexibility index (Phi) is 5.17. The molecule has 0 aromatic heterocycles. The highest BCUT2D eigenvalue weighted by Crippen LogP contribution is 2.25. The van der Waals surface area contributed by atoms with Gasteiger partial charge >= 0.3 is 12.1 Å². The quantitative estimate of drug-likeness (QED) is 0.799. The Morgan fingerprint density at radius 2 is 2.11 bits per heavy atom. The fourth-order valence-corrected chi connectivity index (χ4v) is 2.06. The highest BCUT2D eigenvalue weighted by Gasteiger charge is 2.37. The smallest absolute Gasteiger partial charge is 0.408 e. The number of aliphatic carboxylic acids is 1. The minimum absolute atomic E-state index is 0.0950. The molecule has 1 aliphatic rings. The Morgan fingerprint density at radius 3 is 2.58 bits per heavy atom. The van der Waals surface area contributed by atoms with Crippen LogP contribution in [0.3, 0.4) is 0 Å². The zero-order chi connectivity index (χ0) is 14.5. The first kappa shape index (κ1) is 15.8. The van der Waals surface area contributed by atoms with Crippen LogP contribution >= 0.6 is 0 Å². The van der Waals surface area contributed by atoms with E-state index in [4.69, 9.17) is 14.6 Å². The highest BCUT2D eigenvalue weighted by molar-refractivity contribution is 5.69. The molecule has 6 heteroatoms. The third-order valence-electron chi connectivity index (χ3n) is 2.92. The molecule has 0 spiro atoms. The van der Waals surface area contributed by atoms with Crippen LogP contribution in [0, 0.1) is 0 Å². The lowest BCUT2D eigenvalue weighted by atomic mass is 9.92. The maximum absolute atomic E-state index is 11.8. The summed E-state index contributed by atoms with van der Waals surface area (Å²) in [6.07, 6.45) is 1.39. The predicted molar refractivity (Wildman–Crippen MR) is 69.0 cm³/mol. The number of hydrogen-bond donors (Lipinski definition) is 2. The van der Waals surface area contributed by atoms with E-state index >= 15 is 0 Å². The molecule has 1 saturated heterocycles. The number of carboxylic acid groups (broad SMARTS) is 1. The van der Waals surface area contributed by atoms with Crippen LogP contribution in [-0.4, -0.2) is 41.5 Å². The van der Waals surface area contributed by atoms with E-state index in [9.17, 15) is 9.59 Å². The molecular weight excluding hydrogens is 250 g/mol. The lowest BCUT2D eigenvalue weighted by molar-refractivity contribution is -0.137. The van der Waals surface area contributed by atoms with Crippen molar-refractivity contribution in [1.29, 1.82) is 0 Å². The molecule has 1 heterocycles. The molecule has 1 unspecified atom stereocenters. The van der Waals surface area contributed by atoms with Crippen LogP contribution in [0.4, 0.5) is 4.79 Å². The third-order valence-corrected chi connectivity index (χ3v) is 2.92. The van der Waals surface area contributed by atoms with Crippen LogP contribution in [0.1, 0.15) is 46.5 Å². The van der Waals surface area contributed by atoms with Crippen molar-refractivity contribution in [3.8, 4) is 0 Å². The van der Waals surface area contributed by atoms with Gasteiger partial charge in [-0.2, -0.15) is 0 Å². The SMILES string of the molecule is CC(C)(C)OC(=O)NC1(CCCC(=O)O)CCOC1. The zero-order valence-electron chi connectivity index (χ0n) is 11.8. The molecule has 0 saturated carbocycles. The van der Waals surface area contributed by atoms with Gasteiger partial charge in [-0.1, -0.05) is 0 Å². The first-order chi connectivity index (χ1) is 8.72. The highest BCUT2D eigenvalue weighted by atomic mass is 16.6. The normalized spacial score (nSPS) is 23.1. The summed E-state index contributed by atoms with van der Waals surface area (Å²) in [7, 11) is 0. The van der Waals surface area contributed by atoms with E-state index in [1.165, 1.54) is 0 Å². The Bertz CT molecular complexity index is 328. The molecule has 0 aromatic carbocycles. The van der Waals surface area contributed by atoms with Crippen molar-refractivity contribution in [3.63, 3.8) is 0 Å². The van der Waals surface area contributed by atoms with E-state index in [1.54, 1.807) is 20.8 Å². The Morgan fingerprint density at radius 1 is 1.42 bits per heavy atom. The molecule has 1 aliphatic heterocycles. The largest absolute Gasteiger partial charge is 0.481 e. The van der Waals surface area contributed by atoms with Gasteiger partial charge in [0.1, 0.15) is 5.60 Å². The second-order valence-corrected chi connectivity index (χ2v) is 5.96. The maximum atomic E-state index is 11.8. The van der Waals surface area contributed by atoms with Crippen molar-refractivity contribution in [2.45, 2.75) is 57.6 Å². The van der Waals surface area contributed by atoms with Gasteiger partial charge in [0, 0.05) is 13.0 Å². The number of nitrogens with one attached hydrogen (secondary N) is 1. The predicted octanol–water partition coefficient (Wildman–Crippen LogP) is 1.93. The summed E-state index contributed by atoms with van der Waals surface area (Å²) in [5, 5.41) is 11.5. The van der Waals surface area contributed by atoms with Crippen LogP contribution in [0.5, 0.6) is 0 Å². The molecule has 0 radical (unpaired) electrons. The number of ether oxygens (including phenoxy) is 2. The van der Waals surface area contributed by atoms with E-state index in [1.807, 2.05) is 0 Å². The molecule has 0 bridgehead atoms. The molecule has 0 aromatic rings. The van der Waals surface area contributed by atoms with E-state index in [0.29, 0.717) is 32.5 Å². The molecule has 110 valence electrons. The number of carbonyl (C=O) groups excluding carboxylic acids is 1. The standard InChI is InChI=1S/C13H23NO5/c1-12(2,3)19-11(17)14-13(7-8-18-9-13)6-4-5-10(15)16/h4-9H2,1-3H3,(H,14,17)(H,15,16). The van der Waals surface area contributed by atoms with Crippen molar-refractivity contribution in [2.75, 3.05) is 13.2 Å². The number of rotatable bonds is 5. The summed E-state index contributed by atoms with van der Waals surface area (Å²) in [5.74, 6) is -0.827. The molecule has 1 rings (SSSR count). The summed E-state index contributed by atoms with van der Waals surface area (Å²) < 4.78 is 10.6. The molecule has 1 amide bonds. The molecule has 19 heavy (non-hydrogen) atoms.